The number of amides is 3. The van der Waals surface area contributed by atoms with Gasteiger partial charge in [-0.05, 0) is 18.6 Å². The van der Waals surface area contributed by atoms with Crippen LogP contribution >= 0.6 is 12.4 Å². The van der Waals surface area contributed by atoms with Crippen LogP contribution in [0.3, 0.4) is 0 Å². The van der Waals surface area contributed by atoms with Crippen LogP contribution in [-0.2, 0) is 16.1 Å². The number of hydrogen-bond donors (Lipinski definition) is 2. The maximum atomic E-state index is 12.3. The van der Waals surface area contributed by atoms with Gasteiger partial charge in [-0.3, -0.25) is 19.7 Å². The summed E-state index contributed by atoms with van der Waals surface area (Å²) in [6.45, 7) is 0.327. The fraction of sp³-hybridized carbons (Fsp3) is 0.308. The smallest absolute Gasteiger partial charge is 0.255 e. The Balaban J connectivity index is 0.00000110. The van der Waals surface area contributed by atoms with Gasteiger partial charge in [0.05, 0.1) is 0 Å². The molecule has 3 rings (SSSR count). The minimum Gasteiger partial charge on any atom is -0.412 e. The van der Waals surface area contributed by atoms with E-state index in [0.717, 1.165) is 5.56 Å². The molecule has 0 aromatic heterocycles. The van der Waals surface area contributed by atoms with Crippen molar-refractivity contribution in [2.75, 3.05) is 5.73 Å². The van der Waals surface area contributed by atoms with Gasteiger partial charge in [-0.15, -0.1) is 12.4 Å². The molecule has 0 bridgehead atoms. The zero-order valence-electron chi connectivity index (χ0n) is 11.1. The van der Waals surface area contributed by atoms with E-state index in [1.54, 1.807) is 18.2 Å². The molecule has 1 aromatic rings. The first-order valence-corrected chi connectivity index (χ1v) is 6.10. The molecule has 21 heavy (non-hydrogen) atoms. The molecule has 0 aliphatic carbocycles. The average Bonchev–Trinajstić information content (AvgIpc) is 2.69. The second-order valence-electron chi connectivity index (χ2n) is 4.77. The lowest BCUT2D eigenvalue weighted by atomic mass is 10.0. The van der Waals surface area contributed by atoms with Gasteiger partial charge in [-0.1, -0.05) is 6.07 Å². The van der Waals surface area contributed by atoms with Crippen molar-refractivity contribution in [3.63, 3.8) is 0 Å². The van der Waals surface area contributed by atoms with Crippen molar-refractivity contribution >= 4 is 35.8 Å². The fourth-order valence-corrected chi connectivity index (χ4v) is 2.61. The van der Waals surface area contributed by atoms with E-state index in [0.29, 0.717) is 24.2 Å². The number of imide groups is 1. The number of halogens is 1. The van der Waals surface area contributed by atoms with Crippen LogP contribution < -0.4 is 11.1 Å². The molecule has 0 radical (unpaired) electrons. The molecule has 1 fully saturated rings. The quantitative estimate of drug-likeness (QED) is 0.542. The molecular formula is C13H16ClN3O4. The maximum absolute atomic E-state index is 12.3. The van der Waals surface area contributed by atoms with Crippen molar-refractivity contribution in [1.82, 2.24) is 10.2 Å². The summed E-state index contributed by atoms with van der Waals surface area (Å²) in [6.07, 6.45) is 0.621. The Morgan fingerprint density at radius 2 is 1.95 bits per heavy atom. The summed E-state index contributed by atoms with van der Waals surface area (Å²) in [4.78, 5) is 36.7. The fourth-order valence-electron chi connectivity index (χ4n) is 2.61. The molecular weight excluding hydrogens is 298 g/mol. The van der Waals surface area contributed by atoms with E-state index in [4.69, 9.17) is 5.73 Å². The number of nitrogens with zero attached hydrogens (tertiary/aromatic N) is 1. The van der Waals surface area contributed by atoms with Crippen molar-refractivity contribution in [1.29, 1.82) is 0 Å². The minimum absolute atomic E-state index is 0. The molecule has 0 saturated carbocycles. The normalized spacial score (nSPS) is 20.3. The number of nitrogens with two attached hydrogens (primary N) is 1. The predicted octanol–water partition coefficient (Wildman–Crippen LogP) is -0.373. The first-order chi connectivity index (χ1) is 9.08. The van der Waals surface area contributed by atoms with E-state index in [1.165, 1.54) is 4.90 Å². The van der Waals surface area contributed by atoms with Crippen LogP contribution in [0.15, 0.2) is 18.2 Å². The second kappa shape index (κ2) is 6.11. The number of carbonyl (C=O) groups is 3. The van der Waals surface area contributed by atoms with E-state index in [1.807, 2.05) is 0 Å². The third-order valence-corrected chi connectivity index (χ3v) is 3.62. The number of piperidine rings is 1. The SMILES string of the molecule is Cl.Nc1cccc2c1CN(C1CCC(=O)NC1=O)C2=O.O. The van der Waals surface area contributed by atoms with Gasteiger partial charge in [0.15, 0.2) is 0 Å². The van der Waals surface area contributed by atoms with Crippen LogP contribution in [0.5, 0.6) is 0 Å². The van der Waals surface area contributed by atoms with Gasteiger partial charge in [0.25, 0.3) is 5.91 Å². The highest BCUT2D eigenvalue weighted by atomic mass is 35.5. The molecule has 1 unspecified atom stereocenters. The summed E-state index contributed by atoms with van der Waals surface area (Å²) in [5.74, 6) is -0.891. The molecule has 2 aliphatic heterocycles. The van der Waals surface area contributed by atoms with Gasteiger partial charge >= 0.3 is 0 Å². The van der Waals surface area contributed by atoms with E-state index in [-0.39, 0.29) is 36.1 Å². The van der Waals surface area contributed by atoms with Gasteiger partial charge < -0.3 is 16.1 Å². The van der Waals surface area contributed by atoms with Crippen molar-refractivity contribution in [3.05, 3.63) is 29.3 Å². The zero-order valence-corrected chi connectivity index (χ0v) is 11.9. The van der Waals surface area contributed by atoms with E-state index >= 15 is 0 Å². The molecule has 7 nitrogen and oxygen atoms in total. The Kier molecular flexibility index (Phi) is 4.93. The molecule has 2 heterocycles. The van der Waals surface area contributed by atoms with Crippen LogP contribution in [0.4, 0.5) is 5.69 Å². The van der Waals surface area contributed by atoms with Crippen LogP contribution in [0.2, 0.25) is 0 Å². The first-order valence-electron chi connectivity index (χ1n) is 6.10. The third kappa shape index (κ3) is 2.70. The van der Waals surface area contributed by atoms with Gasteiger partial charge in [0.2, 0.25) is 11.8 Å². The Labute approximate surface area is 127 Å². The summed E-state index contributed by atoms with van der Waals surface area (Å²) in [5, 5.41) is 2.27. The first kappa shape index (κ1) is 16.9. The summed E-state index contributed by atoms with van der Waals surface area (Å²) in [7, 11) is 0. The van der Waals surface area contributed by atoms with Crippen LogP contribution in [0.25, 0.3) is 0 Å². The van der Waals surface area contributed by atoms with Crippen molar-refractivity contribution in [3.8, 4) is 0 Å². The lowest BCUT2D eigenvalue weighted by molar-refractivity contribution is -0.136. The number of carbonyl (C=O) groups excluding carboxylic acids is 3. The number of nitrogens with one attached hydrogen (secondary N) is 1. The Bertz CT molecular complexity index is 605. The lowest BCUT2D eigenvalue weighted by Gasteiger charge is -2.29. The predicted molar refractivity (Wildman–Crippen MR) is 77.8 cm³/mol. The van der Waals surface area contributed by atoms with E-state index in [2.05, 4.69) is 5.32 Å². The van der Waals surface area contributed by atoms with Gasteiger partial charge in [0.1, 0.15) is 6.04 Å². The van der Waals surface area contributed by atoms with Crippen molar-refractivity contribution < 1.29 is 19.9 Å². The lowest BCUT2D eigenvalue weighted by Crippen LogP contribution is -2.52. The molecule has 3 amide bonds. The van der Waals surface area contributed by atoms with Gasteiger partial charge in [-0.25, -0.2) is 0 Å². The number of fused-ring (bicyclic) bond motifs is 1. The average molecular weight is 314 g/mol. The monoisotopic (exact) mass is 313 g/mol. The zero-order chi connectivity index (χ0) is 13.6. The highest BCUT2D eigenvalue weighted by Gasteiger charge is 2.39. The third-order valence-electron chi connectivity index (χ3n) is 3.62. The molecule has 1 saturated heterocycles. The highest BCUT2D eigenvalue weighted by molar-refractivity contribution is 6.06. The minimum atomic E-state index is -0.586. The van der Waals surface area contributed by atoms with E-state index in [9.17, 15) is 14.4 Å². The molecule has 0 spiro atoms. The second-order valence-corrected chi connectivity index (χ2v) is 4.77. The number of hydrogen-bond acceptors (Lipinski definition) is 4. The van der Waals surface area contributed by atoms with Crippen LogP contribution in [-0.4, -0.2) is 34.1 Å². The molecule has 1 aromatic carbocycles. The molecule has 1 atom stereocenters. The number of benzene rings is 1. The summed E-state index contributed by atoms with van der Waals surface area (Å²) >= 11 is 0. The maximum Gasteiger partial charge on any atom is 0.255 e. The van der Waals surface area contributed by atoms with Crippen molar-refractivity contribution in [2.24, 2.45) is 0 Å². The van der Waals surface area contributed by atoms with Gasteiger partial charge in [0, 0.05) is 29.8 Å². The van der Waals surface area contributed by atoms with Crippen LogP contribution in [0.1, 0.15) is 28.8 Å². The molecule has 8 heteroatoms. The Hall–Kier alpha value is -2.12. The highest BCUT2D eigenvalue weighted by Crippen LogP contribution is 2.30. The molecule has 2 aliphatic rings. The summed E-state index contributed by atoms with van der Waals surface area (Å²) < 4.78 is 0. The Morgan fingerprint density at radius 1 is 1.24 bits per heavy atom. The largest absolute Gasteiger partial charge is 0.412 e. The molecule has 5 N–H and O–H groups in total. The number of nitrogen functional groups attached to an aromatic ring is 1. The summed E-state index contributed by atoms with van der Waals surface area (Å²) in [6, 6.07) is 4.58. The number of anilines is 1. The topological polar surface area (TPSA) is 124 Å². The van der Waals surface area contributed by atoms with Crippen LogP contribution in [0, 0.1) is 0 Å². The number of rotatable bonds is 1. The molecule has 114 valence electrons. The standard InChI is InChI=1S/C13H13N3O3.ClH.H2O/c14-9-3-1-2-7-8(9)6-16(13(7)19)10-4-5-11(17)15-12(10)18;;/h1-3,10H,4-6,14H2,(H,15,17,18);1H;1H2. The van der Waals surface area contributed by atoms with Crippen molar-refractivity contribution in [2.45, 2.75) is 25.4 Å². The van der Waals surface area contributed by atoms with Gasteiger partial charge in [-0.2, -0.15) is 0 Å². The summed E-state index contributed by atoms with van der Waals surface area (Å²) in [5.41, 5.74) is 7.71. The van der Waals surface area contributed by atoms with E-state index < -0.39 is 11.9 Å². The Morgan fingerprint density at radius 3 is 2.57 bits per heavy atom.